The summed E-state index contributed by atoms with van der Waals surface area (Å²) in [5.74, 6) is -1.27. The highest BCUT2D eigenvalue weighted by atomic mass is 19.4. The fraction of sp³-hybridized carbons (Fsp3) is 0.364. The first-order valence-electron chi connectivity index (χ1n) is 4.79. The fourth-order valence-corrected chi connectivity index (χ4v) is 1.44. The number of carboxylic acid groups (broad SMARTS) is 1. The van der Waals surface area contributed by atoms with E-state index in [2.05, 4.69) is 0 Å². The van der Waals surface area contributed by atoms with Gasteiger partial charge in [0.05, 0.1) is 18.1 Å². The van der Waals surface area contributed by atoms with Crippen LogP contribution in [0, 0.1) is 6.92 Å². The number of alkyl halides is 3. The maximum Gasteiger partial charge on any atom is 0.416 e. The Morgan fingerprint density at radius 2 is 2.00 bits per heavy atom. The minimum absolute atomic E-state index is 0.0313. The van der Waals surface area contributed by atoms with Gasteiger partial charge in [0.25, 0.3) is 0 Å². The molecule has 0 saturated carbocycles. The molecule has 3 nitrogen and oxygen atoms in total. The lowest BCUT2D eigenvalue weighted by Gasteiger charge is -2.14. The van der Waals surface area contributed by atoms with Crippen LogP contribution in [-0.2, 0) is 11.0 Å². The molecule has 17 heavy (non-hydrogen) atoms. The van der Waals surface area contributed by atoms with E-state index < -0.39 is 30.2 Å². The number of aliphatic hydroxyl groups excluding tert-OH is 1. The van der Waals surface area contributed by atoms with Crippen molar-refractivity contribution in [2.24, 2.45) is 0 Å². The van der Waals surface area contributed by atoms with Crippen LogP contribution in [0.1, 0.15) is 29.2 Å². The van der Waals surface area contributed by atoms with Gasteiger partial charge in [-0.3, -0.25) is 4.79 Å². The van der Waals surface area contributed by atoms with Crippen molar-refractivity contribution in [2.45, 2.75) is 25.6 Å². The SMILES string of the molecule is Cc1ccc([C@@H](O)CC(=O)O)cc1C(F)(F)F. The van der Waals surface area contributed by atoms with Crippen LogP contribution in [0.4, 0.5) is 13.2 Å². The smallest absolute Gasteiger partial charge is 0.416 e. The maximum absolute atomic E-state index is 12.6. The zero-order valence-electron chi connectivity index (χ0n) is 8.95. The van der Waals surface area contributed by atoms with Crippen LogP contribution in [-0.4, -0.2) is 16.2 Å². The van der Waals surface area contributed by atoms with E-state index >= 15 is 0 Å². The van der Waals surface area contributed by atoms with Crippen LogP contribution in [0.15, 0.2) is 18.2 Å². The molecule has 1 aromatic rings. The highest BCUT2D eigenvalue weighted by Crippen LogP contribution is 2.33. The Balaban J connectivity index is 3.08. The molecule has 6 heteroatoms. The van der Waals surface area contributed by atoms with Gasteiger partial charge in [0.2, 0.25) is 0 Å². The second kappa shape index (κ2) is 4.75. The first-order chi connectivity index (χ1) is 7.71. The van der Waals surface area contributed by atoms with Crippen LogP contribution >= 0.6 is 0 Å². The average Bonchev–Trinajstić information content (AvgIpc) is 2.15. The van der Waals surface area contributed by atoms with Gasteiger partial charge in [-0.05, 0) is 24.1 Å². The molecule has 1 rings (SSSR count). The largest absolute Gasteiger partial charge is 0.481 e. The molecule has 2 N–H and O–H groups in total. The molecule has 0 fully saturated rings. The van der Waals surface area contributed by atoms with E-state index in [1.807, 2.05) is 0 Å². The predicted molar refractivity (Wildman–Crippen MR) is 53.4 cm³/mol. The summed E-state index contributed by atoms with van der Waals surface area (Å²) in [5.41, 5.74) is -0.881. The van der Waals surface area contributed by atoms with Crippen molar-refractivity contribution in [2.75, 3.05) is 0 Å². The standard InChI is InChI=1S/C11H11F3O3/c1-6-2-3-7(9(15)5-10(16)17)4-8(6)11(12,13)14/h2-4,9,15H,5H2,1H3,(H,16,17)/t9-/m0/s1. The Labute approximate surface area is 95.5 Å². The molecule has 0 spiro atoms. The number of hydrogen-bond acceptors (Lipinski definition) is 2. The highest BCUT2D eigenvalue weighted by Gasteiger charge is 2.33. The molecule has 0 aliphatic rings. The summed E-state index contributed by atoms with van der Waals surface area (Å²) in [7, 11) is 0. The van der Waals surface area contributed by atoms with E-state index in [1.54, 1.807) is 0 Å². The number of carbonyl (C=O) groups is 1. The van der Waals surface area contributed by atoms with Crippen molar-refractivity contribution in [1.29, 1.82) is 0 Å². The summed E-state index contributed by atoms with van der Waals surface area (Å²) < 4.78 is 37.7. The lowest BCUT2D eigenvalue weighted by Crippen LogP contribution is -2.11. The summed E-state index contributed by atoms with van der Waals surface area (Å²) in [6.45, 7) is 1.30. The summed E-state index contributed by atoms with van der Waals surface area (Å²) in [6.07, 6.45) is -6.57. The molecule has 0 aliphatic carbocycles. The molecule has 0 bridgehead atoms. The molecule has 0 aromatic heterocycles. The normalized spacial score (nSPS) is 13.5. The van der Waals surface area contributed by atoms with Gasteiger partial charge >= 0.3 is 12.1 Å². The van der Waals surface area contributed by atoms with Crippen LogP contribution in [0.3, 0.4) is 0 Å². The summed E-state index contributed by atoms with van der Waals surface area (Å²) in [5, 5.41) is 17.9. The zero-order chi connectivity index (χ0) is 13.2. The Kier molecular flexibility index (Phi) is 3.77. The fourth-order valence-electron chi connectivity index (χ4n) is 1.44. The number of aliphatic carboxylic acids is 1. The van der Waals surface area contributed by atoms with Crippen molar-refractivity contribution in [3.05, 3.63) is 34.9 Å². The van der Waals surface area contributed by atoms with Crippen molar-refractivity contribution in [3.63, 3.8) is 0 Å². The van der Waals surface area contributed by atoms with E-state index in [0.717, 1.165) is 6.07 Å². The molecule has 0 saturated heterocycles. The Morgan fingerprint density at radius 3 is 2.47 bits per heavy atom. The van der Waals surface area contributed by atoms with E-state index in [4.69, 9.17) is 5.11 Å². The Hall–Kier alpha value is -1.56. The third kappa shape index (κ3) is 3.45. The van der Waals surface area contributed by atoms with Crippen molar-refractivity contribution in [1.82, 2.24) is 0 Å². The molecule has 0 radical (unpaired) electrons. The first kappa shape index (κ1) is 13.5. The van der Waals surface area contributed by atoms with Crippen LogP contribution in [0.25, 0.3) is 0 Å². The molecule has 0 aliphatic heterocycles. The van der Waals surface area contributed by atoms with Gasteiger partial charge in [-0.25, -0.2) is 0 Å². The van der Waals surface area contributed by atoms with E-state index in [1.165, 1.54) is 19.1 Å². The van der Waals surface area contributed by atoms with E-state index in [0.29, 0.717) is 0 Å². The lowest BCUT2D eigenvalue weighted by molar-refractivity contribution is -0.139. The number of halogens is 3. The van der Waals surface area contributed by atoms with Crippen molar-refractivity contribution < 1.29 is 28.2 Å². The van der Waals surface area contributed by atoms with Gasteiger partial charge in [-0.1, -0.05) is 12.1 Å². The molecule has 0 unspecified atom stereocenters. The lowest BCUT2D eigenvalue weighted by atomic mass is 10.00. The van der Waals surface area contributed by atoms with Gasteiger partial charge in [0, 0.05) is 0 Å². The maximum atomic E-state index is 12.6. The number of aliphatic hydroxyl groups is 1. The second-order valence-electron chi connectivity index (χ2n) is 3.69. The third-order valence-corrected chi connectivity index (χ3v) is 2.32. The van der Waals surface area contributed by atoms with Gasteiger partial charge in [0.1, 0.15) is 0 Å². The molecular formula is C11H11F3O3. The van der Waals surface area contributed by atoms with E-state index in [9.17, 15) is 23.1 Å². The van der Waals surface area contributed by atoms with E-state index in [-0.39, 0.29) is 11.1 Å². The van der Waals surface area contributed by atoms with Crippen molar-refractivity contribution >= 4 is 5.97 Å². The number of aryl methyl sites for hydroxylation is 1. The number of benzene rings is 1. The van der Waals surface area contributed by atoms with Gasteiger partial charge in [0.15, 0.2) is 0 Å². The number of carboxylic acids is 1. The number of hydrogen-bond donors (Lipinski definition) is 2. The predicted octanol–water partition coefficient (Wildman–Crippen LogP) is 2.52. The van der Waals surface area contributed by atoms with Gasteiger partial charge < -0.3 is 10.2 Å². The minimum atomic E-state index is -4.51. The van der Waals surface area contributed by atoms with Crippen LogP contribution in [0.5, 0.6) is 0 Å². The monoisotopic (exact) mass is 248 g/mol. The summed E-state index contributed by atoms with van der Waals surface area (Å²) >= 11 is 0. The molecule has 0 amide bonds. The molecular weight excluding hydrogens is 237 g/mol. The molecule has 1 aromatic carbocycles. The van der Waals surface area contributed by atoms with Crippen LogP contribution in [0.2, 0.25) is 0 Å². The average molecular weight is 248 g/mol. The summed E-state index contributed by atoms with van der Waals surface area (Å²) in [6, 6.07) is 3.28. The topological polar surface area (TPSA) is 57.5 Å². The molecule has 0 heterocycles. The van der Waals surface area contributed by atoms with Crippen molar-refractivity contribution in [3.8, 4) is 0 Å². The highest BCUT2D eigenvalue weighted by molar-refractivity contribution is 5.67. The minimum Gasteiger partial charge on any atom is -0.481 e. The van der Waals surface area contributed by atoms with Crippen LogP contribution < -0.4 is 0 Å². The third-order valence-electron chi connectivity index (χ3n) is 2.32. The second-order valence-corrected chi connectivity index (χ2v) is 3.69. The molecule has 1 atom stereocenters. The Morgan fingerprint density at radius 1 is 1.41 bits per heavy atom. The zero-order valence-corrected chi connectivity index (χ0v) is 8.95. The quantitative estimate of drug-likeness (QED) is 0.864. The van der Waals surface area contributed by atoms with Gasteiger partial charge in [-0.2, -0.15) is 13.2 Å². The molecule has 94 valence electrons. The number of rotatable bonds is 3. The summed E-state index contributed by atoms with van der Waals surface area (Å²) in [4.78, 5) is 10.3. The Bertz CT molecular complexity index is 426. The van der Waals surface area contributed by atoms with Gasteiger partial charge in [-0.15, -0.1) is 0 Å². The first-order valence-corrected chi connectivity index (χ1v) is 4.79.